The summed E-state index contributed by atoms with van der Waals surface area (Å²) in [5, 5.41) is 11.7. The van der Waals surface area contributed by atoms with Crippen LogP contribution in [0.3, 0.4) is 0 Å². The molecule has 1 atom stereocenters. The molecule has 1 heterocycles. The quantitative estimate of drug-likeness (QED) is 0.158. The molecule has 0 saturated heterocycles. The first-order valence-corrected chi connectivity index (χ1v) is 12.8. The lowest BCUT2D eigenvalue weighted by Gasteiger charge is -2.34. The van der Waals surface area contributed by atoms with Crippen molar-refractivity contribution in [3.8, 4) is 0 Å². The topological polar surface area (TPSA) is 82.2 Å². The molecule has 0 aromatic heterocycles. The zero-order chi connectivity index (χ0) is 24.2. The second-order valence-electron chi connectivity index (χ2n) is 7.65. The number of anilines is 1. The van der Waals surface area contributed by atoms with Crippen LogP contribution < -0.4 is 10.6 Å². The zero-order valence-corrected chi connectivity index (χ0v) is 21.1. The number of carbonyl (C=O) groups excluding carboxylic acids is 1. The Kier molecular flexibility index (Phi) is 11.3. The molecular formula is C26H38N4O2S. The van der Waals surface area contributed by atoms with Gasteiger partial charge in [0.05, 0.1) is 5.69 Å². The summed E-state index contributed by atoms with van der Waals surface area (Å²) in [7, 11) is 0. The number of nitrogens with zero attached hydrogens (tertiary/aromatic N) is 3. The predicted molar refractivity (Wildman–Crippen MR) is 139 cm³/mol. The van der Waals surface area contributed by atoms with E-state index < -0.39 is 0 Å². The molecule has 2 aromatic rings. The Hall–Kier alpha value is -2.51. The van der Waals surface area contributed by atoms with Crippen LogP contribution in [0, 0.1) is 0 Å². The van der Waals surface area contributed by atoms with E-state index in [1.165, 1.54) is 0 Å². The van der Waals surface area contributed by atoms with Gasteiger partial charge in [-0.15, -0.1) is 11.8 Å². The number of thioether (sulfide) groups is 1. The fourth-order valence-electron chi connectivity index (χ4n) is 3.90. The number of para-hydroxylation sites is 1. The summed E-state index contributed by atoms with van der Waals surface area (Å²) in [5.41, 5.74) is 8.22. The second kappa shape index (κ2) is 13.9. The van der Waals surface area contributed by atoms with Crippen LogP contribution in [0.1, 0.15) is 63.3 Å². The molecule has 0 saturated carbocycles. The van der Waals surface area contributed by atoms with Crippen molar-refractivity contribution in [3.63, 3.8) is 0 Å². The molecule has 3 rings (SSSR count). The van der Waals surface area contributed by atoms with Crippen LogP contribution in [0.25, 0.3) is 0 Å². The van der Waals surface area contributed by atoms with Crippen LogP contribution in [0.2, 0.25) is 0 Å². The molecule has 0 spiro atoms. The molecule has 0 fully saturated rings. The fraction of sp³-hybridized carbons (Fsp3) is 0.462. The van der Waals surface area contributed by atoms with Crippen LogP contribution >= 0.6 is 11.8 Å². The summed E-state index contributed by atoms with van der Waals surface area (Å²) in [4.78, 5) is 19.0. The number of amidine groups is 1. The van der Waals surface area contributed by atoms with Crippen LogP contribution in [-0.4, -0.2) is 48.0 Å². The standard InChI is InChI=1S/C24H32N4O2S.C2H6/c1-3-27(4-2)15-8-5-9-16-28-20-13-6-7-14-21(20)31-22(24(28)29)18-11-10-12-19(17-18)23(25)26-30;1-2/h6-7,10-14,17,22,30H,3-5,8-9,15-16H2,1-2H3,(H2,25,26);1-2H3. The first-order valence-electron chi connectivity index (χ1n) is 12.0. The van der Waals surface area contributed by atoms with Gasteiger partial charge in [-0.3, -0.25) is 4.79 Å². The number of fused-ring (bicyclic) bond motifs is 1. The van der Waals surface area contributed by atoms with Gasteiger partial charge in [0.2, 0.25) is 5.91 Å². The van der Waals surface area contributed by atoms with E-state index in [-0.39, 0.29) is 17.0 Å². The normalized spacial score (nSPS) is 15.8. The third-order valence-electron chi connectivity index (χ3n) is 5.73. The van der Waals surface area contributed by atoms with Crippen LogP contribution in [0.5, 0.6) is 0 Å². The first-order chi connectivity index (χ1) is 16.1. The minimum atomic E-state index is -0.350. The van der Waals surface area contributed by atoms with E-state index in [4.69, 9.17) is 10.9 Å². The number of rotatable bonds is 10. The highest BCUT2D eigenvalue weighted by atomic mass is 32.2. The van der Waals surface area contributed by atoms with E-state index in [0.29, 0.717) is 12.1 Å². The number of unbranched alkanes of at least 4 members (excludes halogenated alkanes) is 2. The van der Waals surface area contributed by atoms with Crippen molar-refractivity contribution in [1.29, 1.82) is 0 Å². The van der Waals surface area contributed by atoms with E-state index >= 15 is 0 Å². The van der Waals surface area contributed by atoms with E-state index in [1.807, 2.05) is 55.1 Å². The minimum Gasteiger partial charge on any atom is -0.409 e. The smallest absolute Gasteiger partial charge is 0.245 e. The van der Waals surface area contributed by atoms with Gasteiger partial charge in [-0.05, 0) is 56.2 Å². The lowest BCUT2D eigenvalue weighted by molar-refractivity contribution is -0.118. The summed E-state index contributed by atoms with van der Waals surface area (Å²) >= 11 is 1.56. The number of hydrogen-bond donors (Lipinski definition) is 2. The third kappa shape index (κ3) is 6.98. The number of carbonyl (C=O) groups is 1. The molecule has 1 aliphatic rings. The zero-order valence-electron chi connectivity index (χ0n) is 20.3. The maximum atomic E-state index is 13.5. The lowest BCUT2D eigenvalue weighted by Crippen LogP contribution is -2.38. The van der Waals surface area contributed by atoms with Gasteiger partial charge in [-0.25, -0.2) is 0 Å². The minimum absolute atomic E-state index is 0.0422. The molecule has 180 valence electrons. The SMILES string of the molecule is CC.CCN(CC)CCCCCN1C(=O)C(c2cccc(/C(N)=N/O)c2)Sc2ccccc21. The number of benzene rings is 2. The van der Waals surface area contributed by atoms with Gasteiger partial charge >= 0.3 is 0 Å². The maximum absolute atomic E-state index is 13.5. The number of amides is 1. The molecule has 0 aliphatic carbocycles. The first kappa shape index (κ1) is 26.7. The van der Waals surface area contributed by atoms with Gasteiger partial charge in [-0.1, -0.05) is 69.6 Å². The Morgan fingerprint density at radius 1 is 1.09 bits per heavy atom. The van der Waals surface area contributed by atoms with Gasteiger partial charge in [0, 0.05) is 17.0 Å². The van der Waals surface area contributed by atoms with Crippen molar-refractivity contribution >= 4 is 29.2 Å². The highest BCUT2D eigenvalue weighted by molar-refractivity contribution is 8.00. The van der Waals surface area contributed by atoms with E-state index in [2.05, 4.69) is 30.0 Å². The summed E-state index contributed by atoms with van der Waals surface area (Å²) < 4.78 is 0. The Labute approximate surface area is 202 Å². The lowest BCUT2D eigenvalue weighted by atomic mass is 10.1. The third-order valence-corrected chi connectivity index (χ3v) is 7.04. The van der Waals surface area contributed by atoms with Gasteiger partial charge in [0.15, 0.2) is 5.84 Å². The largest absolute Gasteiger partial charge is 0.409 e. The molecule has 1 amide bonds. The van der Waals surface area contributed by atoms with Crippen LogP contribution in [-0.2, 0) is 4.79 Å². The summed E-state index contributed by atoms with van der Waals surface area (Å²) in [6, 6.07) is 15.5. The maximum Gasteiger partial charge on any atom is 0.245 e. The Balaban J connectivity index is 0.00000187. The molecule has 2 aromatic carbocycles. The monoisotopic (exact) mass is 470 g/mol. The van der Waals surface area contributed by atoms with E-state index in [0.717, 1.165) is 55.0 Å². The highest BCUT2D eigenvalue weighted by Crippen LogP contribution is 2.46. The number of hydrogen-bond acceptors (Lipinski definition) is 5. The average molecular weight is 471 g/mol. The van der Waals surface area contributed by atoms with Crippen molar-refractivity contribution in [1.82, 2.24) is 4.90 Å². The van der Waals surface area contributed by atoms with Crippen molar-refractivity contribution in [3.05, 3.63) is 59.7 Å². The Morgan fingerprint density at radius 2 is 1.82 bits per heavy atom. The van der Waals surface area contributed by atoms with Gasteiger partial charge in [0.25, 0.3) is 0 Å². The summed E-state index contributed by atoms with van der Waals surface area (Å²) in [6.45, 7) is 12.4. The molecule has 1 unspecified atom stereocenters. The Morgan fingerprint density at radius 3 is 2.52 bits per heavy atom. The van der Waals surface area contributed by atoms with Crippen LogP contribution in [0.4, 0.5) is 5.69 Å². The van der Waals surface area contributed by atoms with E-state index in [1.54, 1.807) is 17.8 Å². The van der Waals surface area contributed by atoms with Crippen molar-refractivity contribution in [2.75, 3.05) is 31.1 Å². The average Bonchev–Trinajstić information content (AvgIpc) is 2.87. The summed E-state index contributed by atoms with van der Waals surface area (Å²) in [5.74, 6) is 0.129. The van der Waals surface area contributed by atoms with Gasteiger partial charge in [-0.2, -0.15) is 0 Å². The fourth-order valence-corrected chi connectivity index (χ4v) is 5.12. The molecular weight excluding hydrogens is 432 g/mol. The highest BCUT2D eigenvalue weighted by Gasteiger charge is 2.34. The van der Waals surface area contributed by atoms with E-state index in [9.17, 15) is 4.79 Å². The van der Waals surface area contributed by atoms with Crippen molar-refractivity contribution in [2.45, 2.75) is 57.1 Å². The molecule has 3 N–H and O–H groups in total. The predicted octanol–water partition coefficient (Wildman–Crippen LogP) is 5.50. The second-order valence-corrected chi connectivity index (χ2v) is 8.80. The molecule has 0 bridgehead atoms. The number of oxime groups is 1. The molecule has 6 nitrogen and oxygen atoms in total. The molecule has 0 radical (unpaired) electrons. The molecule has 1 aliphatic heterocycles. The van der Waals surface area contributed by atoms with Crippen LogP contribution in [0.15, 0.2) is 58.6 Å². The van der Waals surface area contributed by atoms with Gasteiger partial charge < -0.3 is 20.7 Å². The molecule has 33 heavy (non-hydrogen) atoms. The Bertz CT molecular complexity index is 915. The van der Waals surface area contributed by atoms with Gasteiger partial charge in [0.1, 0.15) is 5.25 Å². The molecule has 7 heteroatoms. The van der Waals surface area contributed by atoms with Crippen molar-refractivity contribution < 1.29 is 10.0 Å². The summed E-state index contributed by atoms with van der Waals surface area (Å²) in [6.07, 6.45) is 3.22. The number of nitrogens with two attached hydrogens (primary N) is 1. The van der Waals surface area contributed by atoms with Crippen molar-refractivity contribution in [2.24, 2.45) is 10.9 Å².